The van der Waals surface area contributed by atoms with Crippen molar-refractivity contribution in [3.05, 3.63) is 101 Å². The maximum Gasteiger partial charge on any atom is 0.419 e. The van der Waals surface area contributed by atoms with Crippen molar-refractivity contribution < 1.29 is 22.7 Å². The SMILES string of the molecule is Cc1ccc(CC(c2ccccc2)C(C)NC(=O)C(C)(C)Oc2ccccc2C(F)(F)F)cc1. The topological polar surface area (TPSA) is 38.3 Å². The largest absolute Gasteiger partial charge is 0.477 e. The number of halogens is 3. The molecule has 1 N–H and O–H groups in total. The zero-order valence-electron chi connectivity index (χ0n) is 19.8. The Kier molecular flexibility index (Phi) is 7.70. The zero-order chi connectivity index (χ0) is 24.9. The fraction of sp³-hybridized carbons (Fsp3) is 0.321. The van der Waals surface area contributed by atoms with Gasteiger partial charge in [-0.25, -0.2) is 0 Å². The summed E-state index contributed by atoms with van der Waals surface area (Å²) in [6, 6.07) is 22.7. The third kappa shape index (κ3) is 6.40. The molecular weight excluding hydrogens is 439 g/mol. The molecule has 6 heteroatoms. The molecule has 1 amide bonds. The van der Waals surface area contributed by atoms with Gasteiger partial charge >= 0.3 is 6.18 Å². The van der Waals surface area contributed by atoms with Crippen LogP contribution >= 0.6 is 0 Å². The van der Waals surface area contributed by atoms with Gasteiger partial charge in [0.05, 0.1) is 5.56 Å². The first-order valence-electron chi connectivity index (χ1n) is 11.2. The number of hydrogen-bond acceptors (Lipinski definition) is 2. The molecule has 2 unspecified atom stereocenters. The van der Waals surface area contributed by atoms with Gasteiger partial charge in [0.2, 0.25) is 0 Å². The Morgan fingerprint density at radius 2 is 1.50 bits per heavy atom. The Hall–Kier alpha value is -3.28. The molecule has 0 aromatic heterocycles. The molecule has 0 bridgehead atoms. The number of amides is 1. The second-order valence-electron chi connectivity index (χ2n) is 9.08. The van der Waals surface area contributed by atoms with Gasteiger partial charge in [0, 0.05) is 12.0 Å². The Bertz CT molecular complexity index is 1090. The molecule has 2 atom stereocenters. The molecule has 0 saturated carbocycles. The van der Waals surface area contributed by atoms with E-state index in [0.717, 1.165) is 17.2 Å². The Morgan fingerprint density at radius 3 is 2.12 bits per heavy atom. The predicted molar refractivity (Wildman–Crippen MR) is 128 cm³/mol. The summed E-state index contributed by atoms with van der Waals surface area (Å²) in [5.41, 5.74) is 0.942. The lowest BCUT2D eigenvalue weighted by atomic mass is 9.86. The van der Waals surface area contributed by atoms with E-state index in [-0.39, 0.29) is 17.7 Å². The molecule has 0 heterocycles. The lowest BCUT2D eigenvalue weighted by Crippen LogP contribution is -2.51. The number of carbonyl (C=O) groups excluding carboxylic acids is 1. The lowest BCUT2D eigenvalue weighted by molar-refractivity contribution is -0.143. The molecule has 0 aliphatic rings. The van der Waals surface area contributed by atoms with Crippen molar-refractivity contribution in [3.8, 4) is 5.75 Å². The Balaban J connectivity index is 1.80. The van der Waals surface area contributed by atoms with Crippen LogP contribution in [0.15, 0.2) is 78.9 Å². The molecule has 3 aromatic carbocycles. The number of hydrogen-bond donors (Lipinski definition) is 1. The van der Waals surface area contributed by atoms with Crippen LogP contribution in [0.25, 0.3) is 0 Å². The van der Waals surface area contributed by atoms with Crippen LogP contribution in [0.1, 0.15) is 48.9 Å². The fourth-order valence-electron chi connectivity index (χ4n) is 3.85. The standard InChI is InChI=1S/C28H30F3NO2/c1-19-14-16-21(17-15-19)18-23(22-10-6-5-7-11-22)20(2)32-26(33)27(3,4)34-25-13-9-8-12-24(25)28(29,30)31/h5-17,20,23H,18H2,1-4H3,(H,32,33). The number of ether oxygens (including phenoxy) is 1. The van der Waals surface area contributed by atoms with Gasteiger partial charge in [-0.2, -0.15) is 13.2 Å². The summed E-state index contributed by atoms with van der Waals surface area (Å²) in [6.45, 7) is 6.88. The van der Waals surface area contributed by atoms with Crippen LogP contribution in [0.2, 0.25) is 0 Å². The van der Waals surface area contributed by atoms with Crippen LogP contribution in [0.4, 0.5) is 13.2 Å². The number of aryl methyl sites for hydroxylation is 1. The lowest BCUT2D eigenvalue weighted by Gasteiger charge is -2.31. The summed E-state index contributed by atoms with van der Waals surface area (Å²) < 4.78 is 45.7. The van der Waals surface area contributed by atoms with E-state index >= 15 is 0 Å². The molecule has 3 aromatic rings. The number of benzene rings is 3. The van der Waals surface area contributed by atoms with Crippen molar-refractivity contribution in [2.24, 2.45) is 0 Å². The summed E-state index contributed by atoms with van der Waals surface area (Å²) in [5.74, 6) is -0.894. The van der Waals surface area contributed by atoms with E-state index in [1.54, 1.807) is 0 Å². The highest BCUT2D eigenvalue weighted by Gasteiger charge is 2.38. The van der Waals surface area contributed by atoms with Gasteiger partial charge in [0.1, 0.15) is 5.75 Å². The first kappa shape index (κ1) is 25.3. The quantitative estimate of drug-likeness (QED) is 0.399. The van der Waals surface area contributed by atoms with Crippen LogP contribution in [0, 0.1) is 6.92 Å². The maximum absolute atomic E-state index is 13.4. The third-order valence-corrected chi connectivity index (χ3v) is 5.87. The van der Waals surface area contributed by atoms with E-state index in [1.807, 2.05) is 44.2 Å². The van der Waals surface area contributed by atoms with Gasteiger partial charge in [0.15, 0.2) is 5.60 Å². The molecule has 0 fully saturated rings. The van der Waals surface area contributed by atoms with E-state index in [9.17, 15) is 18.0 Å². The summed E-state index contributed by atoms with van der Waals surface area (Å²) in [4.78, 5) is 13.2. The van der Waals surface area contributed by atoms with E-state index in [4.69, 9.17) is 4.74 Å². The zero-order valence-corrected chi connectivity index (χ0v) is 19.8. The Morgan fingerprint density at radius 1 is 0.912 bits per heavy atom. The second-order valence-corrected chi connectivity index (χ2v) is 9.08. The number of alkyl halides is 3. The molecule has 0 radical (unpaired) electrons. The predicted octanol–water partition coefficient (Wildman–Crippen LogP) is 6.70. The Labute approximate surface area is 199 Å². The number of para-hydroxylation sites is 1. The van der Waals surface area contributed by atoms with Crippen molar-refractivity contribution >= 4 is 5.91 Å². The minimum atomic E-state index is -4.58. The van der Waals surface area contributed by atoms with Crippen LogP contribution in [-0.2, 0) is 17.4 Å². The van der Waals surface area contributed by atoms with Gasteiger partial charge < -0.3 is 10.1 Å². The summed E-state index contributed by atoms with van der Waals surface area (Å²) in [7, 11) is 0. The number of carbonyl (C=O) groups is 1. The van der Waals surface area contributed by atoms with Crippen LogP contribution in [0.3, 0.4) is 0 Å². The molecule has 34 heavy (non-hydrogen) atoms. The fourth-order valence-corrected chi connectivity index (χ4v) is 3.85. The van der Waals surface area contributed by atoms with Crippen LogP contribution in [0.5, 0.6) is 5.75 Å². The summed E-state index contributed by atoms with van der Waals surface area (Å²) >= 11 is 0. The van der Waals surface area contributed by atoms with Gasteiger partial charge in [-0.3, -0.25) is 4.79 Å². The average Bonchev–Trinajstić information content (AvgIpc) is 2.78. The van der Waals surface area contributed by atoms with Gasteiger partial charge in [-0.15, -0.1) is 0 Å². The molecule has 0 spiro atoms. The minimum Gasteiger partial charge on any atom is -0.477 e. The number of nitrogens with one attached hydrogen (secondary N) is 1. The average molecular weight is 470 g/mol. The van der Waals surface area contributed by atoms with E-state index in [1.165, 1.54) is 37.6 Å². The minimum absolute atomic E-state index is 0.0360. The van der Waals surface area contributed by atoms with E-state index < -0.39 is 23.2 Å². The highest BCUT2D eigenvalue weighted by atomic mass is 19.4. The first-order chi connectivity index (χ1) is 16.0. The van der Waals surface area contributed by atoms with Crippen molar-refractivity contribution in [1.29, 1.82) is 0 Å². The van der Waals surface area contributed by atoms with Crippen molar-refractivity contribution in [2.45, 2.75) is 57.9 Å². The number of rotatable bonds is 8. The summed E-state index contributed by atoms with van der Waals surface area (Å²) in [6.07, 6.45) is -3.88. The molecule has 0 saturated heterocycles. The molecule has 0 aliphatic carbocycles. The normalized spacial score (nSPS) is 13.7. The van der Waals surface area contributed by atoms with Gasteiger partial charge in [0.25, 0.3) is 5.91 Å². The first-order valence-corrected chi connectivity index (χ1v) is 11.2. The third-order valence-electron chi connectivity index (χ3n) is 5.87. The van der Waals surface area contributed by atoms with Gasteiger partial charge in [-0.1, -0.05) is 72.3 Å². The van der Waals surface area contributed by atoms with Crippen molar-refractivity contribution in [2.75, 3.05) is 0 Å². The molecule has 3 rings (SSSR count). The van der Waals surface area contributed by atoms with Crippen LogP contribution < -0.4 is 10.1 Å². The maximum atomic E-state index is 13.4. The highest BCUT2D eigenvalue weighted by Crippen LogP contribution is 2.37. The van der Waals surface area contributed by atoms with Crippen LogP contribution in [-0.4, -0.2) is 17.6 Å². The molecule has 180 valence electrons. The van der Waals surface area contributed by atoms with Crippen molar-refractivity contribution in [1.82, 2.24) is 5.32 Å². The van der Waals surface area contributed by atoms with E-state index in [0.29, 0.717) is 6.42 Å². The highest BCUT2D eigenvalue weighted by molar-refractivity contribution is 5.85. The molecule has 3 nitrogen and oxygen atoms in total. The monoisotopic (exact) mass is 469 g/mol. The molecular formula is C28H30F3NO2. The smallest absolute Gasteiger partial charge is 0.419 e. The second kappa shape index (κ2) is 10.3. The van der Waals surface area contributed by atoms with Gasteiger partial charge in [-0.05, 0) is 57.4 Å². The van der Waals surface area contributed by atoms with Crippen molar-refractivity contribution in [3.63, 3.8) is 0 Å². The summed E-state index contributed by atoms with van der Waals surface area (Å²) in [5, 5.41) is 2.98. The van der Waals surface area contributed by atoms with E-state index in [2.05, 4.69) is 29.6 Å². The molecule has 0 aliphatic heterocycles.